The van der Waals surface area contributed by atoms with Crippen molar-refractivity contribution in [3.8, 4) is 0 Å². The average Bonchev–Trinajstić information content (AvgIpc) is 2.82. The predicted molar refractivity (Wildman–Crippen MR) is 69.3 cm³/mol. The number of aromatic nitrogens is 1. The zero-order valence-corrected chi connectivity index (χ0v) is 10.8. The van der Waals surface area contributed by atoms with E-state index in [-0.39, 0.29) is 11.9 Å². The maximum absolute atomic E-state index is 11.6. The van der Waals surface area contributed by atoms with Gasteiger partial charge in [0.1, 0.15) is 0 Å². The highest BCUT2D eigenvalue weighted by Crippen LogP contribution is 2.13. The minimum atomic E-state index is -0.279. The number of pyridine rings is 1. The van der Waals surface area contributed by atoms with Crippen molar-refractivity contribution in [1.82, 2.24) is 15.2 Å². The number of carbonyl (C=O) groups is 2. The Kier molecular flexibility index (Phi) is 4.58. The van der Waals surface area contributed by atoms with Gasteiger partial charge >= 0.3 is 6.03 Å². The van der Waals surface area contributed by atoms with Crippen molar-refractivity contribution in [1.29, 1.82) is 0 Å². The summed E-state index contributed by atoms with van der Waals surface area (Å²) in [7, 11) is 0. The van der Waals surface area contributed by atoms with Gasteiger partial charge in [0.15, 0.2) is 0 Å². The lowest BCUT2D eigenvalue weighted by Crippen LogP contribution is -2.41. The smallest absolute Gasteiger partial charge is 0.324 e. The number of hydrogen-bond acceptors (Lipinski definition) is 4. The molecule has 1 aromatic rings. The summed E-state index contributed by atoms with van der Waals surface area (Å²) < 4.78 is 0. The third-order valence-electron chi connectivity index (χ3n) is 2.58. The van der Waals surface area contributed by atoms with Gasteiger partial charge in [-0.1, -0.05) is 6.07 Å². The summed E-state index contributed by atoms with van der Waals surface area (Å²) >= 11 is 1.58. The molecule has 0 saturated carbocycles. The molecule has 0 spiro atoms. The maximum Gasteiger partial charge on any atom is 0.324 e. The molecule has 1 fully saturated rings. The fourth-order valence-electron chi connectivity index (χ4n) is 1.70. The van der Waals surface area contributed by atoms with E-state index in [0.29, 0.717) is 19.5 Å². The van der Waals surface area contributed by atoms with Gasteiger partial charge in [0.05, 0.1) is 5.03 Å². The van der Waals surface area contributed by atoms with Crippen molar-refractivity contribution in [2.24, 2.45) is 0 Å². The SMILES string of the molecule is O=C1CCCN1C(=O)NCCSc1ccccn1. The number of rotatable bonds is 4. The van der Waals surface area contributed by atoms with Gasteiger partial charge in [-0.2, -0.15) is 0 Å². The standard InChI is InChI=1S/C12H15N3O2S/c16-11-5-3-8-15(11)12(17)14-7-9-18-10-4-1-2-6-13-10/h1-2,4,6H,3,5,7-9H2,(H,14,17). The molecule has 1 N–H and O–H groups in total. The number of nitrogens with zero attached hydrogens (tertiary/aromatic N) is 2. The first-order chi connectivity index (χ1) is 8.77. The van der Waals surface area contributed by atoms with E-state index in [9.17, 15) is 9.59 Å². The number of nitrogens with one attached hydrogen (secondary N) is 1. The monoisotopic (exact) mass is 265 g/mol. The Morgan fingerprint density at radius 2 is 2.39 bits per heavy atom. The second-order valence-corrected chi connectivity index (χ2v) is 5.01. The number of thioether (sulfide) groups is 1. The molecule has 2 heterocycles. The van der Waals surface area contributed by atoms with Crippen LogP contribution >= 0.6 is 11.8 Å². The summed E-state index contributed by atoms with van der Waals surface area (Å²) in [6.07, 6.45) is 2.99. The van der Waals surface area contributed by atoms with E-state index in [1.54, 1.807) is 18.0 Å². The Balaban J connectivity index is 1.66. The van der Waals surface area contributed by atoms with Gasteiger partial charge in [0, 0.05) is 31.5 Å². The third kappa shape index (κ3) is 3.46. The molecule has 1 aromatic heterocycles. The second-order valence-electron chi connectivity index (χ2n) is 3.90. The van der Waals surface area contributed by atoms with E-state index in [1.807, 2.05) is 18.2 Å². The molecule has 0 aliphatic carbocycles. The highest BCUT2D eigenvalue weighted by atomic mass is 32.2. The highest BCUT2D eigenvalue weighted by molar-refractivity contribution is 7.99. The molecule has 2 rings (SSSR count). The number of likely N-dealkylation sites (tertiary alicyclic amines) is 1. The average molecular weight is 265 g/mol. The highest BCUT2D eigenvalue weighted by Gasteiger charge is 2.25. The quantitative estimate of drug-likeness (QED) is 0.662. The molecule has 0 unspecified atom stereocenters. The van der Waals surface area contributed by atoms with Gasteiger partial charge in [0.25, 0.3) is 0 Å². The zero-order chi connectivity index (χ0) is 12.8. The van der Waals surface area contributed by atoms with Crippen LogP contribution in [0.4, 0.5) is 4.79 Å². The normalized spacial score (nSPS) is 14.9. The van der Waals surface area contributed by atoms with Crippen LogP contribution in [0, 0.1) is 0 Å². The van der Waals surface area contributed by atoms with Crippen molar-refractivity contribution in [3.05, 3.63) is 24.4 Å². The van der Waals surface area contributed by atoms with Gasteiger partial charge in [-0.25, -0.2) is 9.78 Å². The molecule has 1 aliphatic rings. The molecular weight excluding hydrogens is 250 g/mol. The van der Waals surface area contributed by atoms with Crippen molar-refractivity contribution in [2.75, 3.05) is 18.8 Å². The van der Waals surface area contributed by atoms with Crippen LogP contribution in [0.1, 0.15) is 12.8 Å². The van der Waals surface area contributed by atoms with E-state index in [2.05, 4.69) is 10.3 Å². The first-order valence-electron chi connectivity index (χ1n) is 5.89. The molecule has 5 nitrogen and oxygen atoms in total. The molecule has 96 valence electrons. The van der Waals surface area contributed by atoms with Crippen molar-refractivity contribution in [2.45, 2.75) is 17.9 Å². The minimum Gasteiger partial charge on any atom is -0.337 e. The fourth-order valence-corrected chi connectivity index (χ4v) is 2.43. The van der Waals surface area contributed by atoms with E-state index in [0.717, 1.165) is 17.2 Å². The summed E-state index contributed by atoms with van der Waals surface area (Å²) in [6.45, 7) is 1.07. The lowest BCUT2D eigenvalue weighted by atomic mass is 10.4. The summed E-state index contributed by atoms with van der Waals surface area (Å²) in [5.41, 5.74) is 0. The van der Waals surface area contributed by atoms with Gasteiger partial charge < -0.3 is 5.32 Å². The zero-order valence-electron chi connectivity index (χ0n) is 9.96. The fraction of sp³-hybridized carbons (Fsp3) is 0.417. The van der Waals surface area contributed by atoms with Crippen LogP contribution in [0.2, 0.25) is 0 Å². The molecule has 0 bridgehead atoms. The van der Waals surface area contributed by atoms with Crippen molar-refractivity contribution in [3.63, 3.8) is 0 Å². The van der Waals surface area contributed by atoms with Crippen LogP contribution in [0.3, 0.4) is 0 Å². The Morgan fingerprint density at radius 1 is 1.50 bits per heavy atom. The van der Waals surface area contributed by atoms with Gasteiger partial charge in [-0.3, -0.25) is 9.69 Å². The van der Waals surface area contributed by atoms with E-state index < -0.39 is 0 Å². The van der Waals surface area contributed by atoms with E-state index >= 15 is 0 Å². The van der Waals surface area contributed by atoms with Crippen LogP contribution < -0.4 is 5.32 Å². The molecule has 6 heteroatoms. The molecule has 0 aromatic carbocycles. The largest absolute Gasteiger partial charge is 0.337 e. The first-order valence-corrected chi connectivity index (χ1v) is 6.88. The molecule has 0 atom stereocenters. The molecule has 1 saturated heterocycles. The molecule has 18 heavy (non-hydrogen) atoms. The van der Waals surface area contributed by atoms with Crippen LogP contribution in [0.15, 0.2) is 29.4 Å². The second kappa shape index (κ2) is 6.39. The number of carbonyl (C=O) groups excluding carboxylic acids is 2. The van der Waals surface area contributed by atoms with E-state index in [1.165, 1.54) is 4.90 Å². The van der Waals surface area contributed by atoms with Gasteiger partial charge in [-0.05, 0) is 18.6 Å². The van der Waals surface area contributed by atoms with E-state index in [4.69, 9.17) is 0 Å². The van der Waals surface area contributed by atoms with Crippen LogP contribution in [-0.2, 0) is 4.79 Å². The Labute approximate surface area is 110 Å². The molecule has 3 amide bonds. The maximum atomic E-state index is 11.6. The van der Waals surface area contributed by atoms with Crippen molar-refractivity contribution < 1.29 is 9.59 Å². The summed E-state index contributed by atoms with van der Waals surface area (Å²) in [4.78, 5) is 28.4. The lowest BCUT2D eigenvalue weighted by Gasteiger charge is -2.14. The van der Waals surface area contributed by atoms with Crippen molar-refractivity contribution >= 4 is 23.7 Å². The molecule has 1 aliphatic heterocycles. The number of amides is 3. The Bertz CT molecular complexity index is 425. The Morgan fingerprint density at radius 3 is 3.06 bits per heavy atom. The molecular formula is C12H15N3O2S. The van der Waals surface area contributed by atoms with Gasteiger partial charge in [0.2, 0.25) is 5.91 Å². The number of imide groups is 1. The lowest BCUT2D eigenvalue weighted by molar-refractivity contribution is -0.125. The third-order valence-corrected chi connectivity index (χ3v) is 3.53. The van der Waals surface area contributed by atoms with Gasteiger partial charge in [-0.15, -0.1) is 11.8 Å². The predicted octanol–water partition coefficient (Wildman–Crippen LogP) is 1.51. The number of hydrogen-bond donors (Lipinski definition) is 1. The minimum absolute atomic E-state index is 0.0788. The van der Waals surface area contributed by atoms with Crippen LogP contribution in [-0.4, -0.2) is 40.7 Å². The summed E-state index contributed by atoms with van der Waals surface area (Å²) in [5, 5.41) is 3.68. The molecule has 0 radical (unpaired) electrons. The summed E-state index contributed by atoms with van der Waals surface area (Å²) in [6, 6.07) is 5.44. The first kappa shape index (κ1) is 12.9. The number of urea groups is 1. The topological polar surface area (TPSA) is 62.3 Å². The van der Waals surface area contributed by atoms with Crippen LogP contribution in [0.25, 0.3) is 0 Å². The van der Waals surface area contributed by atoms with Crippen LogP contribution in [0.5, 0.6) is 0 Å². The Hall–Kier alpha value is -1.56. The summed E-state index contributed by atoms with van der Waals surface area (Å²) in [5.74, 6) is 0.662.